The zero-order chi connectivity index (χ0) is 14.7. The molecule has 0 unspecified atom stereocenters. The van der Waals surface area contributed by atoms with Gasteiger partial charge in [-0.15, -0.1) is 11.3 Å². The van der Waals surface area contributed by atoms with Crippen molar-refractivity contribution in [2.45, 2.75) is 13.3 Å². The second-order valence-electron chi connectivity index (χ2n) is 4.55. The van der Waals surface area contributed by atoms with E-state index in [4.69, 9.17) is 4.52 Å². The molecule has 0 atom stereocenters. The van der Waals surface area contributed by atoms with E-state index in [1.807, 2.05) is 36.6 Å². The minimum atomic E-state index is -0.164. The highest BCUT2D eigenvalue weighted by Crippen LogP contribution is 2.25. The molecular formula is C15H13N3O2S. The van der Waals surface area contributed by atoms with Crippen LogP contribution in [0.2, 0.25) is 0 Å². The van der Waals surface area contributed by atoms with Crippen molar-refractivity contribution in [3.63, 3.8) is 0 Å². The number of pyridine rings is 1. The number of hydrogen-bond acceptors (Lipinski definition) is 5. The topological polar surface area (TPSA) is 68.0 Å². The number of carbonyl (C=O) groups excluding carboxylic acids is 1. The second kappa shape index (κ2) is 5.88. The van der Waals surface area contributed by atoms with Gasteiger partial charge in [0.05, 0.1) is 17.0 Å². The van der Waals surface area contributed by atoms with E-state index < -0.39 is 0 Å². The molecule has 0 bridgehead atoms. The van der Waals surface area contributed by atoms with E-state index in [2.05, 4.69) is 15.5 Å². The third kappa shape index (κ3) is 3.17. The predicted molar refractivity (Wildman–Crippen MR) is 81.1 cm³/mol. The molecule has 0 aliphatic heterocycles. The second-order valence-corrected chi connectivity index (χ2v) is 5.50. The van der Waals surface area contributed by atoms with Crippen molar-refractivity contribution in [3.05, 3.63) is 53.2 Å². The Kier molecular flexibility index (Phi) is 3.79. The van der Waals surface area contributed by atoms with Crippen LogP contribution in [0.3, 0.4) is 0 Å². The lowest BCUT2D eigenvalue weighted by Gasteiger charge is -2.05. The number of aryl methyl sites for hydroxylation is 1. The maximum atomic E-state index is 12.0. The van der Waals surface area contributed by atoms with E-state index in [0.717, 1.165) is 10.4 Å². The van der Waals surface area contributed by atoms with Gasteiger partial charge >= 0.3 is 0 Å². The molecule has 3 rings (SSSR count). The molecule has 21 heavy (non-hydrogen) atoms. The number of rotatable bonds is 4. The monoisotopic (exact) mass is 299 g/mol. The highest BCUT2D eigenvalue weighted by atomic mass is 32.1. The number of aromatic nitrogens is 2. The van der Waals surface area contributed by atoms with Crippen LogP contribution in [0.15, 0.2) is 46.4 Å². The summed E-state index contributed by atoms with van der Waals surface area (Å²) in [6.45, 7) is 1.90. The normalized spacial score (nSPS) is 10.5. The number of carbonyl (C=O) groups is 1. The fourth-order valence-corrected chi connectivity index (χ4v) is 2.56. The summed E-state index contributed by atoms with van der Waals surface area (Å²) in [6, 6.07) is 9.41. The molecule has 3 aromatic heterocycles. The third-order valence-electron chi connectivity index (χ3n) is 2.93. The summed E-state index contributed by atoms with van der Waals surface area (Å²) in [7, 11) is 0. The molecule has 0 saturated carbocycles. The lowest BCUT2D eigenvalue weighted by molar-refractivity contribution is -0.115. The molecule has 3 aromatic rings. The lowest BCUT2D eigenvalue weighted by Crippen LogP contribution is -2.16. The van der Waals surface area contributed by atoms with E-state index in [1.54, 1.807) is 23.6 Å². The van der Waals surface area contributed by atoms with Gasteiger partial charge in [0.1, 0.15) is 5.82 Å². The van der Waals surface area contributed by atoms with E-state index in [-0.39, 0.29) is 12.3 Å². The van der Waals surface area contributed by atoms with Gasteiger partial charge in [0, 0.05) is 12.3 Å². The van der Waals surface area contributed by atoms with E-state index >= 15 is 0 Å². The van der Waals surface area contributed by atoms with Crippen LogP contribution in [0, 0.1) is 6.92 Å². The molecule has 3 heterocycles. The molecule has 0 aliphatic carbocycles. The van der Waals surface area contributed by atoms with Crippen molar-refractivity contribution in [3.8, 4) is 10.6 Å². The molecule has 0 radical (unpaired) electrons. The summed E-state index contributed by atoms with van der Waals surface area (Å²) in [5, 5.41) is 8.67. The first-order valence-corrected chi connectivity index (χ1v) is 7.31. The Balaban J connectivity index is 1.67. The van der Waals surface area contributed by atoms with Gasteiger partial charge in [-0.25, -0.2) is 4.98 Å². The van der Waals surface area contributed by atoms with E-state index in [0.29, 0.717) is 17.3 Å². The zero-order valence-electron chi connectivity index (χ0n) is 11.4. The molecule has 106 valence electrons. The first kappa shape index (κ1) is 13.5. The summed E-state index contributed by atoms with van der Waals surface area (Å²) in [4.78, 5) is 17.1. The quantitative estimate of drug-likeness (QED) is 0.802. The summed E-state index contributed by atoms with van der Waals surface area (Å²) in [6.07, 6.45) is 1.80. The molecule has 0 saturated heterocycles. The van der Waals surface area contributed by atoms with Crippen LogP contribution in [-0.4, -0.2) is 16.0 Å². The van der Waals surface area contributed by atoms with Crippen LogP contribution in [-0.2, 0) is 11.2 Å². The average molecular weight is 299 g/mol. The van der Waals surface area contributed by atoms with Crippen LogP contribution >= 0.6 is 11.3 Å². The first-order valence-electron chi connectivity index (χ1n) is 6.43. The van der Waals surface area contributed by atoms with Crippen LogP contribution in [0.25, 0.3) is 10.6 Å². The van der Waals surface area contributed by atoms with Crippen molar-refractivity contribution in [2.75, 3.05) is 5.32 Å². The van der Waals surface area contributed by atoms with Crippen molar-refractivity contribution in [1.82, 2.24) is 10.1 Å². The number of thiophene rings is 1. The molecular weight excluding hydrogens is 286 g/mol. The van der Waals surface area contributed by atoms with Gasteiger partial charge in [-0.05, 0) is 30.0 Å². The van der Waals surface area contributed by atoms with Crippen LogP contribution in [0.4, 0.5) is 5.82 Å². The van der Waals surface area contributed by atoms with Gasteiger partial charge in [-0.1, -0.05) is 17.3 Å². The summed E-state index contributed by atoms with van der Waals surface area (Å²) >= 11 is 1.57. The number of nitrogens with one attached hydrogen (secondary N) is 1. The summed E-state index contributed by atoms with van der Waals surface area (Å²) in [5.41, 5.74) is 1.52. The average Bonchev–Trinajstić information content (AvgIpc) is 3.12. The maximum Gasteiger partial charge on any atom is 0.231 e. The van der Waals surface area contributed by atoms with Crippen molar-refractivity contribution in [2.24, 2.45) is 0 Å². The van der Waals surface area contributed by atoms with Crippen molar-refractivity contribution < 1.29 is 9.32 Å². The van der Waals surface area contributed by atoms with Crippen LogP contribution < -0.4 is 5.32 Å². The van der Waals surface area contributed by atoms with Gasteiger partial charge in [-0.3, -0.25) is 4.79 Å². The Morgan fingerprint density at radius 1 is 1.38 bits per heavy atom. The number of amides is 1. The minimum Gasteiger partial charge on any atom is -0.355 e. The van der Waals surface area contributed by atoms with E-state index in [9.17, 15) is 4.79 Å². The van der Waals surface area contributed by atoms with Crippen molar-refractivity contribution >= 4 is 23.1 Å². The Morgan fingerprint density at radius 3 is 3.05 bits per heavy atom. The fourth-order valence-electron chi connectivity index (χ4n) is 1.89. The maximum absolute atomic E-state index is 12.0. The molecule has 0 fully saturated rings. The zero-order valence-corrected chi connectivity index (χ0v) is 12.2. The largest absolute Gasteiger partial charge is 0.355 e. The van der Waals surface area contributed by atoms with Gasteiger partial charge in [0.2, 0.25) is 5.91 Å². The number of anilines is 1. The minimum absolute atomic E-state index is 0.158. The number of nitrogens with zero attached hydrogens (tertiary/aromatic N) is 2. The highest BCUT2D eigenvalue weighted by molar-refractivity contribution is 7.13. The molecule has 1 N–H and O–H groups in total. The Bertz CT molecular complexity index is 750. The molecule has 0 aromatic carbocycles. The first-order chi connectivity index (χ1) is 10.2. The fraction of sp³-hybridized carbons (Fsp3) is 0.133. The lowest BCUT2D eigenvalue weighted by atomic mass is 10.2. The summed E-state index contributed by atoms with van der Waals surface area (Å²) in [5.74, 6) is 1.09. The van der Waals surface area contributed by atoms with Crippen LogP contribution in [0.1, 0.15) is 11.3 Å². The SMILES string of the molecule is Cc1cccnc1NC(=O)Cc1cc(-c2cccs2)on1. The van der Waals surface area contributed by atoms with E-state index in [1.165, 1.54) is 0 Å². The standard InChI is InChI=1S/C15H13N3O2S/c1-10-4-2-6-16-15(10)17-14(19)9-11-8-12(20-18-11)13-5-3-7-21-13/h2-8H,9H2,1H3,(H,16,17,19). The Labute approximate surface area is 125 Å². The molecule has 5 nitrogen and oxygen atoms in total. The van der Waals surface area contributed by atoms with Gasteiger partial charge in [0.25, 0.3) is 0 Å². The molecule has 6 heteroatoms. The van der Waals surface area contributed by atoms with Gasteiger partial charge in [-0.2, -0.15) is 0 Å². The third-order valence-corrected chi connectivity index (χ3v) is 3.82. The Hall–Kier alpha value is -2.47. The smallest absolute Gasteiger partial charge is 0.231 e. The highest BCUT2D eigenvalue weighted by Gasteiger charge is 2.12. The number of hydrogen-bond donors (Lipinski definition) is 1. The molecule has 1 amide bonds. The van der Waals surface area contributed by atoms with Crippen LogP contribution in [0.5, 0.6) is 0 Å². The Morgan fingerprint density at radius 2 is 2.29 bits per heavy atom. The predicted octanol–water partition coefficient (Wildman–Crippen LogP) is 3.29. The van der Waals surface area contributed by atoms with Crippen molar-refractivity contribution in [1.29, 1.82) is 0 Å². The summed E-state index contributed by atoms with van der Waals surface area (Å²) < 4.78 is 5.25. The van der Waals surface area contributed by atoms with Gasteiger partial charge < -0.3 is 9.84 Å². The molecule has 0 aliphatic rings. The van der Waals surface area contributed by atoms with Gasteiger partial charge in [0.15, 0.2) is 5.76 Å². The molecule has 0 spiro atoms.